The van der Waals surface area contributed by atoms with Gasteiger partial charge < -0.3 is 15.4 Å². The Kier molecular flexibility index (Phi) is 5.09. The second-order valence-electron chi connectivity index (χ2n) is 6.15. The number of rotatable bonds is 4. The highest BCUT2D eigenvalue weighted by molar-refractivity contribution is 5.97. The minimum Gasteiger partial charge on any atom is -0.465 e. The van der Waals surface area contributed by atoms with Crippen LogP contribution < -0.4 is 10.6 Å². The van der Waals surface area contributed by atoms with Gasteiger partial charge in [0, 0.05) is 18.4 Å². The molecule has 130 valence electrons. The van der Waals surface area contributed by atoms with E-state index in [1.807, 2.05) is 25.3 Å². The van der Waals surface area contributed by atoms with Crippen LogP contribution in [-0.2, 0) is 22.5 Å². The standard InChI is InChI=1S/C19H21N3O3/c1-12-3-6-15(20-10-12)11-21-17-8-4-13-9-14(19(24)25-2)5-7-16(13)22-18(17)23/h3,5-7,9-10,17,21H,4,8,11H2,1-2H3,(H,22,23)/t17-/m0/s1. The zero-order valence-electron chi connectivity index (χ0n) is 14.3. The molecule has 6 heteroatoms. The van der Waals surface area contributed by atoms with Crippen molar-refractivity contribution in [1.29, 1.82) is 0 Å². The number of amides is 1. The number of carbonyl (C=O) groups excluding carboxylic acids is 2. The van der Waals surface area contributed by atoms with Gasteiger partial charge in [-0.1, -0.05) is 6.07 Å². The maximum absolute atomic E-state index is 12.4. The summed E-state index contributed by atoms with van der Waals surface area (Å²) >= 11 is 0. The van der Waals surface area contributed by atoms with Gasteiger partial charge in [0.05, 0.1) is 24.4 Å². The Morgan fingerprint density at radius 2 is 2.20 bits per heavy atom. The van der Waals surface area contributed by atoms with Gasteiger partial charge in [-0.25, -0.2) is 4.79 Å². The molecule has 1 amide bonds. The Morgan fingerprint density at radius 3 is 2.92 bits per heavy atom. The first-order valence-electron chi connectivity index (χ1n) is 8.24. The molecule has 1 aromatic heterocycles. The Balaban J connectivity index is 1.68. The molecule has 1 aliphatic heterocycles. The van der Waals surface area contributed by atoms with Crippen LogP contribution in [0, 0.1) is 6.92 Å². The predicted molar refractivity (Wildman–Crippen MR) is 94.3 cm³/mol. The van der Waals surface area contributed by atoms with Gasteiger partial charge in [-0.05, 0) is 55.2 Å². The summed E-state index contributed by atoms with van der Waals surface area (Å²) in [5.74, 6) is -0.449. The Hall–Kier alpha value is -2.73. The van der Waals surface area contributed by atoms with E-state index in [0.717, 1.165) is 22.5 Å². The summed E-state index contributed by atoms with van der Waals surface area (Å²) in [4.78, 5) is 28.5. The molecule has 0 unspecified atom stereocenters. The minimum atomic E-state index is -0.376. The number of nitrogens with one attached hydrogen (secondary N) is 2. The molecule has 2 aromatic rings. The summed E-state index contributed by atoms with van der Waals surface area (Å²) in [6.07, 6.45) is 3.15. The van der Waals surface area contributed by atoms with E-state index in [1.54, 1.807) is 18.2 Å². The molecule has 1 aliphatic rings. The first-order valence-corrected chi connectivity index (χ1v) is 8.24. The number of aryl methyl sites for hydroxylation is 2. The monoisotopic (exact) mass is 339 g/mol. The molecule has 25 heavy (non-hydrogen) atoms. The first-order chi connectivity index (χ1) is 12.1. The summed E-state index contributed by atoms with van der Waals surface area (Å²) in [7, 11) is 1.36. The lowest BCUT2D eigenvalue weighted by Crippen LogP contribution is -2.39. The number of pyridine rings is 1. The van der Waals surface area contributed by atoms with Gasteiger partial charge in [-0.2, -0.15) is 0 Å². The molecule has 6 nitrogen and oxygen atoms in total. The first kappa shape index (κ1) is 17.1. The van der Waals surface area contributed by atoms with Crippen molar-refractivity contribution in [3.05, 3.63) is 58.9 Å². The van der Waals surface area contributed by atoms with Crippen molar-refractivity contribution in [3.63, 3.8) is 0 Å². The van der Waals surface area contributed by atoms with Crippen molar-refractivity contribution in [3.8, 4) is 0 Å². The molecule has 0 saturated carbocycles. The SMILES string of the molecule is COC(=O)c1ccc2c(c1)CC[C@H](NCc1ccc(C)cn1)C(=O)N2. The maximum Gasteiger partial charge on any atom is 0.337 e. The lowest BCUT2D eigenvalue weighted by atomic mass is 10.0. The lowest BCUT2D eigenvalue weighted by Gasteiger charge is -2.15. The highest BCUT2D eigenvalue weighted by atomic mass is 16.5. The number of methoxy groups -OCH3 is 1. The van der Waals surface area contributed by atoms with Gasteiger partial charge in [-0.3, -0.25) is 9.78 Å². The molecule has 0 radical (unpaired) electrons. The number of aromatic nitrogens is 1. The second kappa shape index (κ2) is 7.44. The normalized spacial score (nSPS) is 16.6. The van der Waals surface area contributed by atoms with E-state index >= 15 is 0 Å². The molecule has 1 atom stereocenters. The van der Waals surface area contributed by atoms with E-state index in [-0.39, 0.29) is 17.9 Å². The number of benzene rings is 1. The van der Waals surface area contributed by atoms with Crippen LogP contribution in [0.25, 0.3) is 0 Å². The number of fused-ring (bicyclic) bond motifs is 1. The Labute approximate surface area is 146 Å². The van der Waals surface area contributed by atoms with E-state index in [0.29, 0.717) is 24.9 Å². The molecule has 1 aromatic carbocycles. The molecular formula is C19H21N3O3. The van der Waals surface area contributed by atoms with Gasteiger partial charge in [0.2, 0.25) is 5.91 Å². The van der Waals surface area contributed by atoms with Crippen LogP contribution in [0.4, 0.5) is 5.69 Å². The molecule has 0 spiro atoms. The van der Waals surface area contributed by atoms with Crippen LogP contribution in [0.2, 0.25) is 0 Å². The van der Waals surface area contributed by atoms with Crippen LogP contribution >= 0.6 is 0 Å². The van der Waals surface area contributed by atoms with Crippen LogP contribution in [0.5, 0.6) is 0 Å². The zero-order valence-corrected chi connectivity index (χ0v) is 14.3. The summed E-state index contributed by atoms with van der Waals surface area (Å²) in [5, 5.41) is 6.19. The van der Waals surface area contributed by atoms with Crippen molar-refractivity contribution in [2.75, 3.05) is 12.4 Å². The van der Waals surface area contributed by atoms with E-state index in [2.05, 4.69) is 15.6 Å². The number of ether oxygens (including phenoxy) is 1. The Bertz CT molecular complexity index is 787. The summed E-state index contributed by atoms with van der Waals surface area (Å²) in [6.45, 7) is 2.52. The summed E-state index contributed by atoms with van der Waals surface area (Å²) in [5.41, 5.74) is 4.18. The van der Waals surface area contributed by atoms with Gasteiger partial charge in [0.1, 0.15) is 0 Å². The zero-order chi connectivity index (χ0) is 17.8. The third kappa shape index (κ3) is 4.03. The van der Waals surface area contributed by atoms with Gasteiger partial charge in [0.25, 0.3) is 0 Å². The molecule has 0 saturated heterocycles. The fourth-order valence-electron chi connectivity index (χ4n) is 2.84. The third-order valence-corrected chi connectivity index (χ3v) is 4.31. The summed E-state index contributed by atoms with van der Waals surface area (Å²) < 4.78 is 4.75. The van der Waals surface area contributed by atoms with E-state index in [9.17, 15) is 9.59 Å². The van der Waals surface area contributed by atoms with Crippen molar-refractivity contribution < 1.29 is 14.3 Å². The fourth-order valence-corrected chi connectivity index (χ4v) is 2.84. The number of anilines is 1. The number of hydrogen-bond donors (Lipinski definition) is 2. The largest absolute Gasteiger partial charge is 0.465 e. The van der Waals surface area contributed by atoms with Gasteiger partial charge in [-0.15, -0.1) is 0 Å². The quantitative estimate of drug-likeness (QED) is 0.835. The van der Waals surface area contributed by atoms with Crippen molar-refractivity contribution in [1.82, 2.24) is 10.3 Å². The number of nitrogens with zero attached hydrogens (tertiary/aromatic N) is 1. The second-order valence-corrected chi connectivity index (χ2v) is 6.15. The van der Waals surface area contributed by atoms with Gasteiger partial charge >= 0.3 is 5.97 Å². The molecule has 0 bridgehead atoms. The molecule has 3 rings (SSSR count). The molecular weight excluding hydrogens is 318 g/mol. The van der Waals surface area contributed by atoms with E-state index in [4.69, 9.17) is 4.74 Å². The molecule has 0 aliphatic carbocycles. The average molecular weight is 339 g/mol. The summed E-state index contributed by atoms with van der Waals surface area (Å²) in [6, 6.07) is 8.84. The Morgan fingerprint density at radius 1 is 1.36 bits per heavy atom. The van der Waals surface area contributed by atoms with Crippen LogP contribution in [0.15, 0.2) is 36.5 Å². The van der Waals surface area contributed by atoms with Crippen LogP contribution in [0.1, 0.15) is 33.6 Å². The average Bonchev–Trinajstić information content (AvgIpc) is 2.78. The van der Waals surface area contributed by atoms with Crippen LogP contribution in [-0.4, -0.2) is 30.0 Å². The van der Waals surface area contributed by atoms with E-state index in [1.165, 1.54) is 7.11 Å². The topological polar surface area (TPSA) is 80.3 Å². The van der Waals surface area contributed by atoms with Gasteiger partial charge in [0.15, 0.2) is 0 Å². The highest BCUT2D eigenvalue weighted by Gasteiger charge is 2.24. The third-order valence-electron chi connectivity index (χ3n) is 4.31. The molecule has 2 N–H and O–H groups in total. The van der Waals surface area contributed by atoms with Crippen molar-refractivity contribution in [2.24, 2.45) is 0 Å². The minimum absolute atomic E-state index is 0.0725. The fraction of sp³-hybridized carbons (Fsp3) is 0.316. The molecule has 0 fully saturated rings. The predicted octanol–water partition coefficient (Wildman–Crippen LogP) is 2.22. The molecule has 2 heterocycles. The number of carbonyl (C=O) groups is 2. The number of esters is 1. The van der Waals surface area contributed by atoms with Crippen molar-refractivity contribution >= 4 is 17.6 Å². The maximum atomic E-state index is 12.4. The van der Waals surface area contributed by atoms with E-state index < -0.39 is 0 Å². The van der Waals surface area contributed by atoms with Crippen LogP contribution in [0.3, 0.4) is 0 Å². The van der Waals surface area contributed by atoms with Crippen molar-refractivity contribution in [2.45, 2.75) is 32.4 Å². The highest BCUT2D eigenvalue weighted by Crippen LogP contribution is 2.24. The lowest BCUT2D eigenvalue weighted by molar-refractivity contribution is -0.118. The number of hydrogen-bond acceptors (Lipinski definition) is 5. The smallest absolute Gasteiger partial charge is 0.337 e.